The third-order valence-corrected chi connectivity index (χ3v) is 4.50. The molecule has 1 aliphatic rings. The maximum Gasteiger partial charge on any atom is 0.0432 e. The molecule has 3 rings (SSSR count). The molecule has 0 heterocycles. The molecule has 0 amide bonds. The summed E-state index contributed by atoms with van der Waals surface area (Å²) in [7, 11) is 0. The van der Waals surface area contributed by atoms with Crippen molar-refractivity contribution in [1.29, 1.82) is 0 Å². The molecule has 100 valence electrons. The van der Waals surface area contributed by atoms with Crippen molar-refractivity contribution >= 4 is 5.57 Å². The van der Waals surface area contributed by atoms with E-state index in [1.807, 2.05) is 0 Å². The second-order valence-corrected chi connectivity index (χ2v) is 5.58. The molecule has 0 bridgehead atoms. The maximum absolute atomic E-state index is 2.34. The fourth-order valence-corrected chi connectivity index (χ4v) is 3.45. The lowest BCUT2D eigenvalue weighted by atomic mass is 9.73. The molecular formula is C20H20. The summed E-state index contributed by atoms with van der Waals surface area (Å²) in [6, 6.07) is 19.6. The van der Waals surface area contributed by atoms with Gasteiger partial charge in [0.25, 0.3) is 0 Å². The van der Waals surface area contributed by atoms with Crippen LogP contribution in [0, 0.1) is 0 Å². The van der Waals surface area contributed by atoms with Gasteiger partial charge in [0.1, 0.15) is 0 Å². The van der Waals surface area contributed by atoms with Gasteiger partial charge in [0.05, 0.1) is 0 Å². The van der Waals surface area contributed by atoms with Gasteiger partial charge in [0.2, 0.25) is 0 Å². The van der Waals surface area contributed by atoms with Gasteiger partial charge in [-0.3, -0.25) is 0 Å². The minimum Gasteiger partial charge on any atom is -0.0873 e. The van der Waals surface area contributed by atoms with Crippen LogP contribution in [-0.4, -0.2) is 0 Å². The molecule has 0 heteroatoms. The minimum atomic E-state index is -0.0472. The van der Waals surface area contributed by atoms with Crippen LogP contribution in [0.4, 0.5) is 0 Å². The molecule has 0 radical (unpaired) electrons. The summed E-state index contributed by atoms with van der Waals surface area (Å²) in [6.07, 6.45) is 4.41. The average Bonchev–Trinajstić information content (AvgIpc) is 2.72. The first-order valence-electron chi connectivity index (χ1n) is 7.19. The summed E-state index contributed by atoms with van der Waals surface area (Å²) >= 11 is 0. The second kappa shape index (κ2) is 4.79. The Balaban J connectivity index is 2.33. The highest BCUT2D eigenvalue weighted by Crippen LogP contribution is 2.50. The molecule has 1 aliphatic carbocycles. The molecule has 0 N–H and O–H groups in total. The SMILES string of the molecule is C/C=C\C1=C(C)c2ccccc2C1(C)c1ccccc1. The summed E-state index contributed by atoms with van der Waals surface area (Å²) in [5.41, 5.74) is 6.91. The Labute approximate surface area is 121 Å². The Morgan fingerprint density at radius 3 is 2.25 bits per heavy atom. The number of fused-ring (bicyclic) bond motifs is 1. The van der Waals surface area contributed by atoms with E-state index >= 15 is 0 Å². The van der Waals surface area contributed by atoms with E-state index in [-0.39, 0.29) is 5.41 Å². The fourth-order valence-electron chi connectivity index (χ4n) is 3.45. The third kappa shape index (κ3) is 1.68. The van der Waals surface area contributed by atoms with Gasteiger partial charge >= 0.3 is 0 Å². The molecular weight excluding hydrogens is 240 g/mol. The summed E-state index contributed by atoms with van der Waals surface area (Å²) in [5, 5.41) is 0. The molecule has 0 fully saturated rings. The van der Waals surface area contributed by atoms with E-state index in [2.05, 4.69) is 87.5 Å². The van der Waals surface area contributed by atoms with Crippen LogP contribution in [0.15, 0.2) is 72.3 Å². The van der Waals surface area contributed by atoms with Gasteiger partial charge in [0, 0.05) is 5.41 Å². The van der Waals surface area contributed by atoms with E-state index in [0.717, 1.165) is 0 Å². The zero-order chi connectivity index (χ0) is 14.2. The van der Waals surface area contributed by atoms with Gasteiger partial charge < -0.3 is 0 Å². The van der Waals surface area contributed by atoms with Gasteiger partial charge in [-0.2, -0.15) is 0 Å². The van der Waals surface area contributed by atoms with E-state index in [1.54, 1.807) is 0 Å². The first-order chi connectivity index (χ1) is 9.69. The maximum atomic E-state index is 2.34. The summed E-state index contributed by atoms with van der Waals surface area (Å²) < 4.78 is 0. The summed E-state index contributed by atoms with van der Waals surface area (Å²) in [5.74, 6) is 0. The van der Waals surface area contributed by atoms with Gasteiger partial charge in [-0.1, -0.05) is 66.7 Å². The number of benzene rings is 2. The minimum absolute atomic E-state index is 0.0472. The molecule has 2 aromatic carbocycles. The predicted octanol–water partition coefficient (Wildman–Crippen LogP) is 5.36. The Bertz CT molecular complexity index is 689. The molecule has 0 spiro atoms. The molecule has 0 aliphatic heterocycles. The van der Waals surface area contributed by atoms with Crippen LogP contribution in [0.25, 0.3) is 5.57 Å². The lowest BCUT2D eigenvalue weighted by molar-refractivity contribution is 0.707. The molecule has 2 aromatic rings. The number of allylic oxidation sites excluding steroid dienone is 4. The number of hydrogen-bond donors (Lipinski definition) is 0. The second-order valence-electron chi connectivity index (χ2n) is 5.58. The van der Waals surface area contributed by atoms with Crippen LogP contribution in [0.2, 0.25) is 0 Å². The van der Waals surface area contributed by atoms with Crippen molar-refractivity contribution < 1.29 is 0 Å². The Morgan fingerprint density at radius 1 is 0.900 bits per heavy atom. The highest BCUT2D eigenvalue weighted by atomic mass is 14.4. The van der Waals surface area contributed by atoms with Crippen LogP contribution in [0.1, 0.15) is 37.5 Å². The molecule has 0 nitrogen and oxygen atoms in total. The molecule has 0 aromatic heterocycles. The predicted molar refractivity (Wildman–Crippen MR) is 86.7 cm³/mol. The van der Waals surface area contributed by atoms with Crippen molar-refractivity contribution in [2.24, 2.45) is 0 Å². The van der Waals surface area contributed by atoms with Crippen molar-refractivity contribution in [3.8, 4) is 0 Å². The van der Waals surface area contributed by atoms with E-state index in [9.17, 15) is 0 Å². The summed E-state index contributed by atoms with van der Waals surface area (Å²) in [6.45, 7) is 6.67. The van der Waals surface area contributed by atoms with Gasteiger partial charge in [-0.25, -0.2) is 0 Å². The molecule has 0 saturated heterocycles. The number of hydrogen-bond acceptors (Lipinski definition) is 0. The lowest BCUT2D eigenvalue weighted by Crippen LogP contribution is -2.23. The van der Waals surface area contributed by atoms with E-state index < -0.39 is 0 Å². The van der Waals surface area contributed by atoms with Crippen molar-refractivity contribution in [2.75, 3.05) is 0 Å². The largest absolute Gasteiger partial charge is 0.0873 e. The smallest absolute Gasteiger partial charge is 0.0432 e. The van der Waals surface area contributed by atoms with Crippen molar-refractivity contribution in [1.82, 2.24) is 0 Å². The Kier molecular flexibility index (Phi) is 3.10. The quantitative estimate of drug-likeness (QED) is 0.682. The lowest BCUT2D eigenvalue weighted by Gasteiger charge is -2.29. The van der Waals surface area contributed by atoms with E-state index in [4.69, 9.17) is 0 Å². The molecule has 20 heavy (non-hydrogen) atoms. The van der Waals surface area contributed by atoms with E-state index in [0.29, 0.717) is 0 Å². The monoisotopic (exact) mass is 260 g/mol. The van der Waals surface area contributed by atoms with Crippen LogP contribution in [0.3, 0.4) is 0 Å². The molecule has 1 unspecified atom stereocenters. The zero-order valence-electron chi connectivity index (χ0n) is 12.4. The van der Waals surface area contributed by atoms with Crippen LogP contribution >= 0.6 is 0 Å². The average molecular weight is 260 g/mol. The van der Waals surface area contributed by atoms with Crippen LogP contribution in [0.5, 0.6) is 0 Å². The topological polar surface area (TPSA) is 0 Å². The first kappa shape index (κ1) is 12.9. The normalized spacial score (nSPS) is 21.6. The Morgan fingerprint density at radius 2 is 1.55 bits per heavy atom. The van der Waals surface area contributed by atoms with E-state index in [1.165, 1.54) is 27.8 Å². The van der Waals surface area contributed by atoms with Crippen molar-refractivity contribution in [3.63, 3.8) is 0 Å². The third-order valence-electron chi connectivity index (χ3n) is 4.50. The van der Waals surface area contributed by atoms with Gasteiger partial charge in [-0.15, -0.1) is 0 Å². The Hall–Kier alpha value is -2.08. The highest BCUT2D eigenvalue weighted by Gasteiger charge is 2.39. The first-order valence-corrected chi connectivity index (χ1v) is 7.19. The van der Waals surface area contributed by atoms with Gasteiger partial charge in [-0.05, 0) is 48.6 Å². The highest BCUT2D eigenvalue weighted by molar-refractivity contribution is 5.83. The number of rotatable bonds is 2. The van der Waals surface area contributed by atoms with Crippen LogP contribution in [-0.2, 0) is 5.41 Å². The summed E-state index contributed by atoms with van der Waals surface area (Å²) in [4.78, 5) is 0. The molecule has 0 saturated carbocycles. The zero-order valence-corrected chi connectivity index (χ0v) is 12.4. The van der Waals surface area contributed by atoms with Crippen LogP contribution < -0.4 is 0 Å². The fraction of sp³-hybridized carbons (Fsp3) is 0.200. The van der Waals surface area contributed by atoms with Crippen molar-refractivity contribution in [2.45, 2.75) is 26.2 Å². The van der Waals surface area contributed by atoms with Crippen molar-refractivity contribution in [3.05, 3.63) is 89.0 Å². The standard InChI is InChI=1S/C20H20/c1-4-10-18-15(2)17-13-8-9-14-19(17)20(18,3)16-11-6-5-7-12-16/h4-14H,1-3H3/b10-4-. The molecule has 1 atom stereocenters. The van der Waals surface area contributed by atoms with Gasteiger partial charge in [0.15, 0.2) is 0 Å².